The van der Waals surface area contributed by atoms with Gasteiger partial charge in [0, 0.05) is 6.61 Å². The van der Waals surface area contributed by atoms with E-state index in [1.807, 2.05) is 0 Å². The molecular weight excluding hydrogens is 224 g/mol. The maximum atomic E-state index is 11.2. The van der Waals surface area contributed by atoms with Gasteiger partial charge in [0.05, 0.1) is 25.3 Å². The van der Waals surface area contributed by atoms with Crippen molar-refractivity contribution < 1.29 is 24.2 Å². The summed E-state index contributed by atoms with van der Waals surface area (Å²) in [7, 11) is 2.52. The van der Waals surface area contributed by atoms with Crippen LogP contribution in [-0.2, 0) is 9.47 Å². The molecular formula is C12H16O5. The predicted octanol–water partition coefficient (Wildman–Crippen LogP) is 1.26. The van der Waals surface area contributed by atoms with Crippen molar-refractivity contribution in [3.8, 4) is 0 Å². The van der Waals surface area contributed by atoms with Gasteiger partial charge in [-0.3, -0.25) is 0 Å². The van der Waals surface area contributed by atoms with Gasteiger partial charge in [-0.05, 0) is 19.1 Å². The summed E-state index contributed by atoms with van der Waals surface area (Å²) < 4.78 is 9.05. The molecule has 0 aromatic heterocycles. The standard InChI is InChI=1S/C10H10O4.C2H6O/c1-13-9(11)7-5-3-4-6-8(7)10(12)14-2;1-2-3/h3-6H,1-2H3;3H,2H2,1H3. The average molecular weight is 240 g/mol. The number of ether oxygens (including phenoxy) is 2. The monoisotopic (exact) mass is 240 g/mol. The summed E-state index contributed by atoms with van der Waals surface area (Å²) in [5.74, 6) is -1.10. The highest BCUT2D eigenvalue weighted by molar-refractivity contribution is 6.02. The molecule has 0 aliphatic carbocycles. The van der Waals surface area contributed by atoms with Gasteiger partial charge in [0.2, 0.25) is 0 Å². The number of benzene rings is 1. The number of rotatable bonds is 2. The minimum absolute atomic E-state index is 0.210. The summed E-state index contributed by atoms with van der Waals surface area (Å²) in [5.41, 5.74) is 0.420. The Kier molecular flexibility index (Phi) is 7.38. The van der Waals surface area contributed by atoms with Crippen LogP contribution in [0.1, 0.15) is 27.6 Å². The smallest absolute Gasteiger partial charge is 0.338 e. The van der Waals surface area contributed by atoms with E-state index in [9.17, 15) is 9.59 Å². The maximum absolute atomic E-state index is 11.2. The summed E-state index contributed by atoms with van der Waals surface area (Å²) in [5, 5.41) is 7.57. The lowest BCUT2D eigenvalue weighted by atomic mass is 10.1. The van der Waals surface area contributed by atoms with E-state index in [0.717, 1.165) is 0 Å². The highest BCUT2D eigenvalue weighted by Gasteiger charge is 2.16. The van der Waals surface area contributed by atoms with Crippen molar-refractivity contribution in [1.29, 1.82) is 0 Å². The Morgan fingerprint density at radius 1 is 1.06 bits per heavy atom. The maximum Gasteiger partial charge on any atom is 0.338 e. The molecule has 1 rings (SSSR count). The first-order chi connectivity index (χ1) is 8.12. The Bertz CT molecular complexity index is 338. The summed E-state index contributed by atoms with van der Waals surface area (Å²) in [6.45, 7) is 1.93. The summed E-state index contributed by atoms with van der Waals surface area (Å²) in [6.07, 6.45) is 0. The van der Waals surface area contributed by atoms with Gasteiger partial charge in [-0.25, -0.2) is 9.59 Å². The van der Waals surface area contributed by atoms with Crippen LogP contribution < -0.4 is 0 Å². The molecule has 0 aliphatic heterocycles. The molecule has 94 valence electrons. The third-order valence-corrected chi connectivity index (χ3v) is 1.74. The van der Waals surface area contributed by atoms with E-state index in [1.54, 1.807) is 19.1 Å². The van der Waals surface area contributed by atoms with Crippen LogP contribution in [0.3, 0.4) is 0 Å². The van der Waals surface area contributed by atoms with Crippen molar-refractivity contribution in [2.45, 2.75) is 6.92 Å². The first-order valence-electron chi connectivity index (χ1n) is 4.98. The SMILES string of the molecule is CCO.COC(=O)c1ccccc1C(=O)OC. The molecule has 0 heterocycles. The Balaban J connectivity index is 0.000000770. The minimum atomic E-state index is -0.550. The van der Waals surface area contributed by atoms with E-state index in [4.69, 9.17) is 5.11 Å². The lowest BCUT2D eigenvalue weighted by molar-refractivity contribution is 0.0555. The number of aliphatic hydroxyl groups is 1. The molecule has 0 amide bonds. The molecule has 0 atom stereocenters. The lowest BCUT2D eigenvalue weighted by Crippen LogP contribution is -2.11. The number of esters is 2. The molecule has 0 radical (unpaired) electrons. The summed E-state index contributed by atoms with van der Waals surface area (Å²) in [4.78, 5) is 22.4. The average Bonchev–Trinajstić information content (AvgIpc) is 2.37. The van der Waals surface area contributed by atoms with Crippen molar-refractivity contribution in [2.24, 2.45) is 0 Å². The molecule has 0 fully saturated rings. The van der Waals surface area contributed by atoms with Crippen LogP contribution in [0.4, 0.5) is 0 Å². The zero-order chi connectivity index (χ0) is 13.3. The molecule has 0 spiro atoms. The van der Waals surface area contributed by atoms with E-state index in [0.29, 0.717) is 0 Å². The zero-order valence-electron chi connectivity index (χ0n) is 10.1. The second-order valence-electron chi connectivity index (χ2n) is 2.84. The minimum Gasteiger partial charge on any atom is -0.465 e. The number of methoxy groups -OCH3 is 2. The number of aliphatic hydroxyl groups excluding tert-OH is 1. The van der Waals surface area contributed by atoms with E-state index in [1.165, 1.54) is 26.4 Å². The highest BCUT2D eigenvalue weighted by atomic mass is 16.5. The van der Waals surface area contributed by atoms with Crippen LogP contribution in [0.25, 0.3) is 0 Å². The van der Waals surface area contributed by atoms with Crippen LogP contribution in [0, 0.1) is 0 Å². The summed E-state index contributed by atoms with van der Waals surface area (Å²) in [6, 6.07) is 6.33. The van der Waals surface area contributed by atoms with Gasteiger partial charge in [0.1, 0.15) is 0 Å². The molecule has 0 saturated heterocycles. The van der Waals surface area contributed by atoms with E-state index < -0.39 is 11.9 Å². The molecule has 1 aromatic rings. The van der Waals surface area contributed by atoms with Crippen molar-refractivity contribution in [3.63, 3.8) is 0 Å². The van der Waals surface area contributed by atoms with E-state index in [2.05, 4.69) is 9.47 Å². The molecule has 0 saturated carbocycles. The molecule has 5 heteroatoms. The molecule has 0 unspecified atom stereocenters. The van der Waals surface area contributed by atoms with Gasteiger partial charge >= 0.3 is 11.9 Å². The molecule has 1 N–H and O–H groups in total. The fourth-order valence-corrected chi connectivity index (χ4v) is 1.06. The van der Waals surface area contributed by atoms with Gasteiger partial charge in [-0.1, -0.05) is 12.1 Å². The third-order valence-electron chi connectivity index (χ3n) is 1.74. The Morgan fingerprint density at radius 3 is 1.59 bits per heavy atom. The van der Waals surface area contributed by atoms with Gasteiger partial charge in [-0.2, -0.15) is 0 Å². The van der Waals surface area contributed by atoms with Crippen LogP contribution in [0.15, 0.2) is 24.3 Å². The Labute approximate surface area is 100.0 Å². The van der Waals surface area contributed by atoms with Gasteiger partial charge < -0.3 is 14.6 Å². The first kappa shape index (κ1) is 15.1. The normalized spacial score (nSPS) is 8.71. The fourth-order valence-electron chi connectivity index (χ4n) is 1.06. The van der Waals surface area contributed by atoms with Gasteiger partial charge in [0.15, 0.2) is 0 Å². The number of carbonyl (C=O) groups excluding carboxylic acids is 2. The van der Waals surface area contributed by atoms with E-state index in [-0.39, 0.29) is 17.7 Å². The quantitative estimate of drug-likeness (QED) is 0.788. The van der Waals surface area contributed by atoms with Crippen molar-refractivity contribution in [1.82, 2.24) is 0 Å². The molecule has 0 bridgehead atoms. The molecule has 17 heavy (non-hydrogen) atoms. The molecule has 1 aromatic carbocycles. The third kappa shape index (κ3) is 4.65. The lowest BCUT2D eigenvalue weighted by Gasteiger charge is -2.04. The Hall–Kier alpha value is -1.88. The van der Waals surface area contributed by atoms with Crippen LogP contribution in [-0.4, -0.2) is 37.9 Å². The van der Waals surface area contributed by atoms with Crippen LogP contribution in [0.5, 0.6) is 0 Å². The number of hydrogen-bond acceptors (Lipinski definition) is 5. The Morgan fingerprint density at radius 2 is 1.35 bits per heavy atom. The topological polar surface area (TPSA) is 72.8 Å². The number of hydrogen-bond donors (Lipinski definition) is 1. The van der Waals surface area contributed by atoms with Crippen molar-refractivity contribution >= 4 is 11.9 Å². The van der Waals surface area contributed by atoms with Crippen molar-refractivity contribution in [3.05, 3.63) is 35.4 Å². The highest BCUT2D eigenvalue weighted by Crippen LogP contribution is 2.10. The fraction of sp³-hybridized carbons (Fsp3) is 0.333. The van der Waals surface area contributed by atoms with Crippen molar-refractivity contribution in [2.75, 3.05) is 20.8 Å². The second-order valence-corrected chi connectivity index (χ2v) is 2.84. The van der Waals surface area contributed by atoms with Gasteiger partial charge in [0.25, 0.3) is 0 Å². The molecule has 5 nitrogen and oxygen atoms in total. The zero-order valence-corrected chi connectivity index (χ0v) is 10.1. The predicted molar refractivity (Wildman–Crippen MR) is 61.9 cm³/mol. The molecule has 0 aliphatic rings. The van der Waals surface area contributed by atoms with Crippen LogP contribution >= 0.6 is 0 Å². The van der Waals surface area contributed by atoms with Crippen LogP contribution in [0.2, 0.25) is 0 Å². The number of carbonyl (C=O) groups is 2. The summed E-state index contributed by atoms with van der Waals surface area (Å²) >= 11 is 0. The first-order valence-corrected chi connectivity index (χ1v) is 4.98. The van der Waals surface area contributed by atoms with E-state index >= 15 is 0 Å². The largest absolute Gasteiger partial charge is 0.465 e. The van der Waals surface area contributed by atoms with Gasteiger partial charge in [-0.15, -0.1) is 0 Å². The second kappa shape index (κ2) is 8.29.